The van der Waals surface area contributed by atoms with E-state index in [2.05, 4.69) is 0 Å². The number of rotatable bonds is 6. The molecular weight excluding hydrogens is 421 g/mol. The molecule has 162 valence electrons. The Bertz CT molecular complexity index is 1030. The van der Waals surface area contributed by atoms with Crippen LogP contribution in [0.2, 0.25) is 0 Å². The first-order valence-corrected chi connectivity index (χ1v) is 9.90. The largest absolute Gasteiger partial charge is 0.384 e. The highest BCUT2D eigenvalue weighted by Gasteiger charge is 2.57. The van der Waals surface area contributed by atoms with Crippen molar-refractivity contribution >= 4 is 14.4 Å². The van der Waals surface area contributed by atoms with Crippen molar-refractivity contribution < 1.29 is 33.9 Å². The molecule has 1 aromatic carbocycles. The smallest absolute Gasteiger partial charge is 0.340 e. The summed E-state index contributed by atoms with van der Waals surface area (Å²) < 4.78 is 16.5. The molecule has 30 heavy (non-hydrogen) atoms. The zero-order valence-corrected chi connectivity index (χ0v) is 16.6. The van der Waals surface area contributed by atoms with E-state index in [0.29, 0.717) is 4.57 Å². The van der Waals surface area contributed by atoms with Gasteiger partial charge in [0, 0.05) is 24.9 Å². The normalized spacial score (nSPS) is 27.2. The number of carbonyl (C=O) groups is 1. The summed E-state index contributed by atoms with van der Waals surface area (Å²) in [5, 5.41) is 21.2. The molecular formula is C17H20N3O9P. The molecule has 13 heteroatoms. The van der Waals surface area contributed by atoms with Gasteiger partial charge in [-0.1, -0.05) is 18.2 Å². The predicted molar refractivity (Wildman–Crippen MR) is 102 cm³/mol. The molecule has 5 N–H and O–H groups in total. The number of hydrogen-bond donors (Lipinski definition) is 4. The van der Waals surface area contributed by atoms with E-state index >= 15 is 0 Å². The van der Waals surface area contributed by atoms with Gasteiger partial charge in [-0.25, -0.2) is 4.79 Å². The molecule has 1 aliphatic rings. The molecule has 0 bridgehead atoms. The van der Waals surface area contributed by atoms with Gasteiger partial charge in [0.1, 0.15) is 12.2 Å². The van der Waals surface area contributed by atoms with Gasteiger partial charge in [0.2, 0.25) is 14.3 Å². The highest BCUT2D eigenvalue weighted by molar-refractivity contribution is 7.43. The van der Waals surface area contributed by atoms with E-state index in [9.17, 15) is 24.6 Å². The van der Waals surface area contributed by atoms with Crippen LogP contribution in [-0.2, 0) is 14.0 Å². The van der Waals surface area contributed by atoms with Crippen molar-refractivity contribution in [1.29, 1.82) is 0 Å². The number of carbonyl (C=O) groups excluding carboxylic acids is 1. The first kappa shape index (κ1) is 22.4. The molecule has 2 aromatic rings. The Balaban J connectivity index is 2.04. The summed E-state index contributed by atoms with van der Waals surface area (Å²) in [7, 11) is -1.19. The Labute approximate surface area is 170 Å². The monoisotopic (exact) mass is 441 g/mol. The topological polar surface area (TPSA) is 175 Å². The van der Waals surface area contributed by atoms with Gasteiger partial charge in [-0.2, -0.15) is 4.57 Å². The SMILES string of the molecule is CO[C@@]1(O)[C@H](O)[C@@H](COP(N)O)O[C@H]1n1ccc(=O)n(C(=O)c2ccccc2)c1=O. The Kier molecular flexibility index (Phi) is 6.60. The first-order valence-electron chi connectivity index (χ1n) is 8.62. The minimum absolute atomic E-state index is 0.0920. The minimum Gasteiger partial charge on any atom is -0.384 e. The number of aromatic nitrogens is 2. The molecule has 1 aliphatic heterocycles. The Morgan fingerprint density at radius 2 is 1.97 bits per heavy atom. The third-order valence-corrected chi connectivity index (χ3v) is 5.03. The zero-order chi connectivity index (χ0) is 22.1. The van der Waals surface area contributed by atoms with Crippen LogP contribution in [-0.4, -0.2) is 61.9 Å². The number of aliphatic hydroxyl groups excluding tert-OH is 1. The molecule has 3 rings (SSSR count). The van der Waals surface area contributed by atoms with Gasteiger partial charge in [0.05, 0.1) is 6.61 Å². The second-order valence-electron chi connectivity index (χ2n) is 6.38. The van der Waals surface area contributed by atoms with Crippen molar-refractivity contribution in [2.45, 2.75) is 24.2 Å². The van der Waals surface area contributed by atoms with Crippen LogP contribution in [0.3, 0.4) is 0 Å². The van der Waals surface area contributed by atoms with Crippen LogP contribution in [0.25, 0.3) is 0 Å². The van der Waals surface area contributed by atoms with Gasteiger partial charge in [0.15, 0.2) is 6.23 Å². The summed E-state index contributed by atoms with van der Waals surface area (Å²) in [6.07, 6.45) is -3.58. The lowest BCUT2D eigenvalue weighted by Crippen LogP contribution is -2.52. The van der Waals surface area contributed by atoms with E-state index in [1.807, 2.05) is 0 Å². The van der Waals surface area contributed by atoms with Gasteiger partial charge in [-0.05, 0) is 12.1 Å². The molecule has 5 atom stereocenters. The van der Waals surface area contributed by atoms with Crippen LogP contribution in [0.15, 0.2) is 52.2 Å². The van der Waals surface area contributed by atoms with Gasteiger partial charge in [-0.15, -0.1) is 0 Å². The fraction of sp³-hybridized carbons (Fsp3) is 0.353. The molecule has 0 radical (unpaired) electrons. The number of aliphatic hydroxyl groups is 2. The maximum Gasteiger partial charge on any atom is 0.340 e. The van der Waals surface area contributed by atoms with E-state index in [4.69, 9.17) is 24.4 Å². The summed E-state index contributed by atoms with van der Waals surface area (Å²) in [6.45, 7) is -0.417. The molecule has 0 spiro atoms. The zero-order valence-electron chi connectivity index (χ0n) is 15.7. The molecule has 1 unspecified atom stereocenters. The predicted octanol–water partition coefficient (Wildman–Crippen LogP) is -1.51. The number of methoxy groups -OCH3 is 1. The van der Waals surface area contributed by atoms with E-state index < -0.39 is 56.5 Å². The van der Waals surface area contributed by atoms with E-state index in [1.54, 1.807) is 18.2 Å². The average Bonchev–Trinajstić information content (AvgIpc) is 2.98. The quantitative estimate of drug-likeness (QED) is 0.304. The van der Waals surface area contributed by atoms with Crippen molar-refractivity contribution in [3.05, 3.63) is 69.0 Å². The second kappa shape index (κ2) is 8.84. The molecule has 2 heterocycles. The fourth-order valence-electron chi connectivity index (χ4n) is 3.08. The van der Waals surface area contributed by atoms with Gasteiger partial charge >= 0.3 is 5.69 Å². The maximum absolute atomic E-state index is 13.0. The summed E-state index contributed by atoms with van der Waals surface area (Å²) in [5.74, 6) is -3.31. The van der Waals surface area contributed by atoms with Crippen LogP contribution < -0.4 is 16.8 Å². The van der Waals surface area contributed by atoms with Crippen LogP contribution in [0.1, 0.15) is 16.6 Å². The van der Waals surface area contributed by atoms with Gasteiger partial charge < -0.3 is 29.1 Å². The van der Waals surface area contributed by atoms with Gasteiger partial charge in [-0.3, -0.25) is 19.7 Å². The van der Waals surface area contributed by atoms with Crippen LogP contribution in [0.5, 0.6) is 0 Å². The number of nitrogens with two attached hydrogens (primary N) is 1. The lowest BCUT2D eigenvalue weighted by molar-refractivity contribution is -0.265. The number of ether oxygens (including phenoxy) is 2. The van der Waals surface area contributed by atoms with Crippen molar-refractivity contribution in [2.24, 2.45) is 5.50 Å². The molecule has 1 saturated heterocycles. The minimum atomic E-state index is -2.43. The number of hydrogen-bond acceptors (Lipinski definition) is 10. The van der Waals surface area contributed by atoms with Crippen LogP contribution in [0, 0.1) is 0 Å². The summed E-state index contributed by atoms with van der Waals surface area (Å²) in [4.78, 5) is 47.0. The highest BCUT2D eigenvalue weighted by Crippen LogP contribution is 2.39. The van der Waals surface area contributed by atoms with Crippen molar-refractivity contribution in [1.82, 2.24) is 9.13 Å². The molecule has 12 nitrogen and oxygen atoms in total. The Hall–Kier alpha value is -2.28. The molecule has 0 amide bonds. The van der Waals surface area contributed by atoms with E-state index in [0.717, 1.165) is 23.9 Å². The molecule has 0 saturated carbocycles. The Morgan fingerprint density at radius 3 is 2.57 bits per heavy atom. The highest BCUT2D eigenvalue weighted by atomic mass is 31.2. The number of benzene rings is 1. The van der Waals surface area contributed by atoms with E-state index in [1.165, 1.54) is 12.1 Å². The van der Waals surface area contributed by atoms with Crippen LogP contribution >= 0.6 is 8.53 Å². The van der Waals surface area contributed by atoms with Gasteiger partial charge in [0.25, 0.3) is 11.5 Å². The van der Waals surface area contributed by atoms with E-state index in [-0.39, 0.29) is 5.56 Å². The average molecular weight is 441 g/mol. The van der Waals surface area contributed by atoms with Crippen molar-refractivity contribution in [3.63, 3.8) is 0 Å². The summed E-state index contributed by atoms with van der Waals surface area (Å²) >= 11 is 0. The number of nitrogens with zero attached hydrogens (tertiary/aromatic N) is 2. The fourth-order valence-corrected chi connectivity index (χ4v) is 3.38. The third-order valence-electron chi connectivity index (χ3n) is 4.62. The second-order valence-corrected chi connectivity index (χ2v) is 7.24. The lowest BCUT2D eigenvalue weighted by Gasteiger charge is -2.30. The van der Waals surface area contributed by atoms with Crippen LogP contribution in [0.4, 0.5) is 0 Å². The summed E-state index contributed by atoms with van der Waals surface area (Å²) in [5.41, 5.74) is 3.23. The van der Waals surface area contributed by atoms with Crippen molar-refractivity contribution in [3.8, 4) is 0 Å². The lowest BCUT2D eigenvalue weighted by atomic mass is 10.1. The standard InChI is InChI=1S/C17H20N3O9P/c1-27-17(25)13(22)11(9-28-30(18)26)29-15(17)19-8-7-12(21)20(16(19)24)14(23)10-5-3-2-4-6-10/h2-8,11,13,15,22,25-26H,9,18H2,1H3/t11-,13-,15-,17+,30?/m1/s1. The third kappa shape index (κ3) is 4.00. The maximum atomic E-state index is 13.0. The summed E-state index contributed by atoms with van der Waals surface area (Å²) in [6, 6.07) is 8.60. The molecule has 1 fully saturated rings. The Morgan fingerprint density at radius 1 is 1.30 bits per heavy atom. The van der Waals surface area contributed by atoms with Crippen molar-refractivity contribution in [2.75, 3.05) is 13.7 Å². The molecule has 0 aliphatic carbocycles. The first-order chi connectivity index (χ1) is 14.2. The molecule has 1 aromatic heterocycles.